The summed E-state index contributed by atoms with van der Waals surface area (Å²) in [6.45, 7) is 0.703. The summed E-state index contributed by atoms with van der Waals surface area (Å²) < 4.78 is 42.8. The molecule has 0 bridgehead atoms. The van der Waals surface area contributed by atoms with Gasteiger partial charge >= 0.3 is 6.18 Å². The summed E-state index contributed by atoms with van der Waals surface area (Å²) in [6, 6.07) is 5.16. The van der Waals surface area contributed by atoms with Crippen molar-refractivity contribution in [3.8, 4) is 0 Å². The first-order valence-corrected chi connectivity index (χ1v) is 5.70. The van der Waals surface area contributed by atoms with Crippen LogP contribution < -0.4 is 5.32 Å². The van der Waals surface area contributed by atoms with Gasteiger partial charge in [0.2, 0.25) is 5.91 Å². The van der Waals surface area contributed by atoms with Gasteiger partial charge in [0.1, 0.15) is 0 Å². The van der Waals surface area contributed by atoms with Gasteiger partial charge < -0.3 is 10.1 Å². The summed E-state index contributed by atoms with van der Waals surface area (Å²) in [5.74, 6) is -0.339. The van der Waals surface area contributed by atoms with Crippen LogP contribution in [0.2, 0.25) is 0 Å². The number of hydrogen-bond donors (Lipinski definition) is 1. The molecular weight excluding hydrogens is 259 g/mol. The zero-order valence-corrected chi connectivity index (χ0v) is 10.5. The number of hydrogen-bond acceptors (Lipinski definition) is 2. The predicted molar refractivity (Wildman–Crippen MR) is 64.3 cm³/mol. The van der Waals surface area contributed by atoms with Crippen molar-refractivity contribution < 1.29 is 22.7 Å². The molecule has 105 valence electrons. The monoisotopic (exact) mass is 274 g/mol. The highest BCUT2D eigenvalue weighted by Gasteiger charge is 2.32. The normalized spacial score (nSPS) is 11.4. The summed E-state index contributed by atoms with van der Waals surface area (Å²) in [6.07, 6.45) is -3.25. The van der Waals surface area contributed by atoms with Gasteiger partial charge in [-0.1, -0.05) is 18.2 Å². The zero-order valence-electron chi connectivity index (χ0n) is 10.5. The van der Waals surface area contributed by atoms with Crippen molar-refractivity contribution in [2.24, 2.45) is 0 Å². The van der Waals surface area contributed by atoms with Gasteiger partial charge in [-0.15, -0.1) is 0 Å². The molecule has 1 aromatic rings. The van der Waals surface area contributed by atoms with Crippen LogP contribution in [0.1, 0.15) is 17.5 Å². The summed E-state index contributed by atoms with van der Waals surface area (Å²) in [5.41, 5.74) is -0.725. The molecule has 0 fully saturated rings. The number of carbonyl (C=O) groups excluding carboxylic acids is 1. The van der Waals surface area contributed by atoms with E-state index >= 15 is 0 Å². The van der Waals surface area contributed by atoms with Crippen molar-refractivity contribution in [1.29, 1.82) is 0 Å². The Kier molecular flexibility index (Phi) is 5.82. The molecule has 1 N–H and O–H groups in total. The van der Waals surface area contributed by atoms with Gasteiger partial charge in [0, 0.05) is 26.5 Å². The molecule has 0 aromatic heterocycles. The van der Waals surface area contributed by atoms with E-state index in [0.717, 1.165) is 6.07 Å². The molecular formula is C13H15F3NO2. The highest BCUT2D eigenvalue weighted by atomic mass is 19.4. The Hall–Kier alpha value is -1.56. The molecule has 0 saturated heterocycles. The summed E-state index contributed by atoms with van der Waals surface area (Å²) in [4.78, 5) is 11.4. The van der Waals surface area contributed by atoms with Crippen molar-refractivity contribution in [3.05, 3.63) is 41.8 Å². The van der Waals surface area contributed by atoms with Crippen LogP contribution in [-0.4, -0.2) is 26.2 Å². The van der Waals surface area contributed by atoms with Crippen molar-refractivity contribution >= 4 is 5.91 Å². The first-order chi connectivity index (χ1) is 8.95. The lowest BCUT2D eigenvalue weighted by Gasteiger charge is -2.12. The number of alkyl halides is 3. The molecule has 0 atom stereocenters. The van der Waals surface area contributed by atoms with Gasteiger partial charge in [0.25, 0.3) is 0 Å². The lowest BCUT2D eigenvalue weighted by atomic mass is 10.0. The van der Waals surface area contributed by atoms with Gasteiger partial charge in [0.05, 0.1) is 12.2 Å². The first-order valence-electron chi connectivity index (χ1n) is 5.70. The minimum atomic E-state index is -4.42. The van der Waals surface area contributed by atoms with Crippen LogP contribution >= 0.6 is 0 Å². The quantitative estimate of drug-likeness (QED) is 0.809. The van der Waals surface area contributed by atoms with Crippen LogP contribution in [-0.2, 0) is 15.7 Å². The Morgan fingerprint density at radius 2 is 2.05 bits per heavy atom. The number of halogens is 3. The third kappa shape index (κ3) is 5.30. The van der Waals surface area contributed by atoms with E-state index in [1.54, 1.807) is 0 Å². The summed E-state index contributed by atoms with van der Waals surface area (Å²) in [5, 5.41) is 2.54. The molecule has 6 heteroatoms. The van der Waals surface area contributed by atoms with E-state index in [2.05, 4.69) is 5.32 Å². The lowest BCUT2D eigenvalue weighted by molar-refractivity contribution is -0.138. The second-order valence-corrected chi connectivity index (χ2v) is 3.84. The highest BCUT2D eigenvalue weighted by Crippen LogP contribution is 2.32. The fourth-order valence-electron chi connectivity index (χ4n) is 1.50. The summed E-state index contributed by atoms with van der Waals surface area (Å²) >= 11 is 0. The SMILES string of the molecule is COCCNC(=O)C[CH]c1ccccc1C(F)(F)F. The standard InChI is InChI=1S/C13H15F3NO2/c1-19-9-8-17-12(18)7-6-10-4-2-3-5-11(10)13(14,15)16/h2-6H,7-9H2,1H3,(H,17,18). The minimum Gasteiger partial charge on any atom is -0.383 e. The smallest absolute Gasteiger partial charge is 0.383 e. The average Bonchev–Trinajstić information content (AvgIpc) is 2.36. The lowest BCUT2D eigenvalue weighted by Crippen LogP contribution is -2.26. The number of rotatable bonds is 6. The van der Waals surface area contributed by atoms with Crippen LogP contribution in [0, 0.1) is 6.42 Å². The molecule has 1 rings (SSSR count). The average molecular weight is 274 g/mol. The molecule has 0 unspecified atom stereocenters. The Labute approximate surface area is 109 Å². The third-order valence-electron chi connectivity index (χ3n) is 2.40. The highest BCUT2D eigenvalue weighted by molar-refractivity contribution is 5.77. The number of ether oxygens (including phenoxy) is 1. The fraction of sp³-hybridized carbons (Fsp3) is 0.385. The Bertz CT molecular complexity index is 419. The van der Waals surface area contributed by atoms with Crippen molar-refractivity contribution in [1.82, 2.24) is 5.32 Å². The van der Waals surface area contributed by atoms with Gasteiger partial charge in [-0.05, 0) is 11.6 Å². The van der Waals surface area contributed by atoms with E-state index < -0.39 is 11.7 Å². The Balaban J connectivity index is 2.56. The van der Waals surface area contributed by atoms with Gasteiger partial charge in [-0.3, -0.25) is 4.79 Å². The molecule has 0 spiro atoms. The van der Waals surface area contributed by atoms with Crippen LogP contribution in [0.25, 0.3) is 0 Å². The van der Waals surface area contributed by atoms with E-state index in [9.17, 15) is 18.0 Å². The van der Waals surface area contributed by atoms with Crippen molar-refractivity contribution in [3.63, 3.8) is 0 Å². The Morgan fingerprint density at radius 1 is 1.37 bits per heavy atom. The van der Waals surface area contributed by atoms with Crippen LogP contribution in [0.4, 0.5) is 13.2 Å². The molecule has 1 radical (unpaired) electrons. The molecule has 0 aliphatic carbocycles. The number of nitrogens with one attached hydrogen (secondary N) is 1. The predicted octanol–water partition coefficient (Wildman–Crippen LogP) is 2.41. The van der Waals surface area contributed by atoms with Crippen molar-refractivity contribution in [2.45, 2.75) is 12.6 Å². The number of carbonyl (C=O) groups is 1. The number of methoxy groups -OCH3 is 1. The van der Waals surface area contributed by atoms with Crippen molar-refractivity contribution in [2.75, 3.05) is 20.3 Å². The minimum absolute atomic E-state index is 0.0110. The largest absolute Gasteiger partial charge is 0.416 e. The summed E-state index contributed by atoms with van der Waals surface area (Å²) in [7, 11) is 1.50. The van der Waals surface area contributed by atoms with Gasteiger partial charge in [-0.25, -0.2) is 0 Å². The molecule has 1 aromatic carbocycles. The number of benzene rings is 1. The molecule has 0 aliphatic rings. The van der Waals surface area contributed by atoms with Crippen LogP contribution in [0.3, 0.4) is 0 Å². The third-order valence-corrected chi connectivity index (χ3v) is 2.40. The zero-order chi connectivity index (χ0) is 14.3. The maximum Gasteiger partial charge on any atom is 0.416 e. The van der Waals surface area contributed by atoms with E-state index in [4.69, 9.17) is 4.74 Å². The second-order valence-electron chi connectivity index (χ2n) is 3.84. The fourth-order valence-corrected chi connectivity index (χ4v) is 1.50. The second kappa shape index (κ2) is 7.13. The molecule has 0 aliphatic heterocycles. The topological polar surface area (TPSA) is 38.3 Å². The Morgan fingerprint density at radius 3 is 2.68 bits per heavy atom. The maximum atomic E-state index is 12.7. The first kappa shape index (κ1) is 15.5. The molecule has 0 heterocycles. The number of amides is 1. The molecule has 3 nitrogen and oxygen atoms in total. The van der Waals surface area contributed by atoms with Crippen LogP contribution in [0.5, 0.6) is 0 Å². The molecule has 0 saturated carbocycles. The van der Waals surface area contributed by atoms with E-state index in [1.807, 2.05) is 0 Å². The van der Waals surface area contributed by atoms with E-state index in [-0.39, 0.29) is 17.9 Å². The molecule has 1 amide bonds. The molecule has 19 heavy (non-hydrogen) atoms. The van der Waals surface area contributed by atoms with E-state index in [0.29, 0.717) is 13.2 Å². The van der Waals surface area contributed by atoms with Crippen LogP contribution in [0.15, 0.2) is 24.3 Å². The van der Waals surface area contributed by atoms with E-state index in [1.165, 1.54) is 31.7 Å². The van der Waals surface area contributed by atoms with Gasteiger partial charge in [0.15, 0.2) is 0 Å². The van der Waals surface area contributed by atoms with Gasteiger partial charge in [-0.2, -0.15) is 13.2 Å². The maximum absolute atomic E-state index is 12.7.